The molecule has 1 unspecified atom stereocenters. The number of nitrogens with one attached hydrogen (secondary N) is 1. The molecule has 0 saturated carbocycles. The molecule has 1 atom stereocenters. The maximum absolute atomic E-state index is 14.0. The highest BCUT2D eigenvalue weighted by molar-refractivity contribution is 7.89. The minimum absolute atomic E-state index is 0.0270. The molecule has 9 heteroatoms. The summed E-state index contributed by atoms with van der Waals surface area (Å²) in [5, 5.41) is 8.06. The van der Waals surface area contributed by atoms with E-state index in [4.69, 9.17) is 4.74 Å². The standard InChI is InChI=1S/C17H18FN3O3S2/c1-2-24-17-5-4-14(10-15(17)18)26(22,23)20-11-16(13-6-9-25-12-13)21-8-3-7-19-21/h3-10,12,16,20H,2,11H2,1H3. The number of nitrogens with zero attached hydrogens (tertiary/aromatic N) is 2. The lowest BCUT2D eigenvalue weighted by Gasteiger charge is -2.17. The Kier molecular flexibility index (Phi) is 5.70. The number of hydrogen-bond donors (Lipinski definition) is 1. The van der Waals surface area contributed by atoms with Crippen molar-refractivity contribution >= 4 is 21.4 Å². The normalized spacial score (nSPS) is 12.8. The Labute approximate surface area is 155 Å². The summed E-state index contributed by atoms with van der Waals surface area (Å²) in [6.07, 6.45) is 3.41. The second kappa shape index (κ2) is 7.98. The maximum Gasteiger partial charge on any atom is 0.240 e. The number of rotatable bonds is 8. The van der Waals surface area contributed by atoms with Crippen LogP contribution >= 0.6 is 11.3 Å². The molecule has 0 aliphatic carbocycles. The summed E-state index contributed by atoms with van der Waals surface area (Å²) in [5.41, 5.74) is 0.944. The van der Waals surface area contributed by atoms with E-state index in [0.717, 1.165) is 11.6 Å². The molecule has 0 bridgehead atoms. The van der Waals surface area contributed by atoms with Crippen LogP contribution in [0.1, 0.15) is 18.5 Å². The smallest absolute Gasteiger partial charge is 0.240 e. The van der Waals surface area contributed by atoms with Crippen molar-refractivity contribution in [2.45, 2.75) is 17.9 Å². The zero-order chi connectivity index (χ0) is 18.6. The average molecular weight is 395 g/mol. The molecule has 26 heavy (non-hydrogen) atoms. The number of benzene rings is 1. The van der Waals surface area contributed by atoms with Gasteiger partial charge in [-0.05, 0) is 53.6 Å². The highest BCUT2D eigenvalue weighted by Gasteiger charge is 2.21. The van der Waals surface area contributed by atoms with Gasteiger partial charge >= 0.3 is 0 Å². The summed E-state index contributed by atoms with van der Waals surface area (Å²) in [6, 6.07) is 7.00. The first-order valence-corrected chi connectivity index (χ1v) is 10.4. The Morgan fingerprint density at radius 2 is 2.23 bits per heavy atom. The highest BCUT2D eigenvalue weighted by Crippen LogP contribution is 2.23. The van der Waals surface area contributed by atoms with Gasteiger partial charge in [0.1, 0.15) is 0 Å². The van der Waals surface area contributed by atoms with E-state index < -0.39 is 15.8 Å². The number of ether oxygens (including phenoxy) is 1. The fourth-order valence-corrected chi connectivity index (χ4v) is 4.24. The third-order valence-corrected chi connectivity index (χ3v) is 5.88. The van der Waals surface area contributed by atoms with Crippen LogP contribution in [0.5, 0.6) is 5.75 Å². The molecule has 2 aromatic heterocycles. The van der Waals surface area contributed by atoms with Gasteiger partial charge in [-0.25, -0.2) is 17.5 Å². The minimum atomic E-state index is -3.87. The van der Waals surface area contributed by atoms with E-state index >= 15 is 0 Å². The SMILES string of the molecule is CCOc1ccc(S(=O)(=O)NCC(c2ccsc2)n2cccn2)cc1F. The van der Waals surface area contributed by atoms with E-state index in [1.165, 1.54) is 23.5 Å². The zero-order valence-corrected chi connectivity index (χ0v) is 15.6. The Morgan fingerprint density at radius 1 is 1.38 bits per heavy atom. The van der Waals surface area contributed by atoms with Crippen LogP contribution in [0.2, 0.25) is 0 Å². The average Bonchev–Trinajstić information content (AvgIpc) is 3.31. The van der Waals surface area contributed by atoms with Crippen molar-refractivity contribution in [3.63, 3.8) is 0 Å². The summed E-state index contributed by atoms with van der Waals surface area (Å²) in [5.74, 6) is -0.685. The van der Waals surface area contributed by atoms with E-state index in [9.17, 15) is 12.8 Å². The van der Waals surface area contributed by atoms with Crippen LogP contribution < -0.4 is 9.46 Å². The molecule has 0 radical (unpaired) electrons. The van der Waals surface area contributed by atoms with Gasteiger partial charge in [-0.1, -0.05) is 0 Å². The van der Waals surface area contributed by atoms with Gasteiger partial charge in [-0.3, -0.25) is 4.68 Å². The molecule has 0 amide bonds. The van der Waals surface area contributed by atoms with Crippen molar-refractivity contribution in [3.8, 4) is 5.75 Å². The van der Waals surface area contributed by atoms with E-state index in [0.29, 0.717) is 6.61 Å². The van der Waals surface area contributed by atoms with Crippen LogP contribution in [0.25, 0.3) is 0 Å². The van der Waals surface area contributed by atoms with Crippen molar-refractivity contribution in [3.05, 3.63) is 64.9 Å². The second-order valence-corrected chi connectivity index (χ2v) is 7.98. The van der Waals surface area contributed by atoms with Gasteiger partial charge in [0.25, 0.3) is 0 Å². The summed E-state index contributed by atoms with van der Waals surface area (Å²) < 4.78 is 48.4. The number of sulfonamides is 1. The summed E-state index contributed by atoms with van der Waals surface area (Å²) in [6.45, 7) is 2.12. The molecular formula is C17H18FN3O3S2. The fourth-order valence-electron chi connectivity index (χ4n) is 2.49. The molecule has 3 aromatic rings. The maximum atomic E-state index is 14.0. The molecule has 0 spiro atoms. The molecule has 0 fully saturated rings. The lowest BCUT2D eigenvalue weighted by molar-refractivity contribution is 0.321. The first kappa shape index (κ1) is 18.6. The van der Waals surface area contributed by atoms with Crippen LogP contribution in [0.3, 0.4) is 0 Å². The molecule has 138 valence electrons. The van der Waals surface area contributed by atoms with Crippen LogP contribution in [0, 0.1) is 5.82 Å². The van der Waals surface area contributed by atoms with E-state index in [1.807, 2.05) is 16.8 Å². The molecule has 3 rings (SSSR count). The monoisotopic (exact) mass is 395 g/mol. The van der Waals surface area contributed by atoms with Crippen LogP contribution in [-0.4, -0.2) is 31.3 Å². The number of aromatic nitrogens is 2. The zero-order valence-electron chi connectivity index (χ0n) is 14.0. The van der Waals surface area contributed by atoms with Crippen molar-refractivity contribution in [2.24, 2.45) is 0 Å². The van der Waals surface area contributed by atoms with Crippen LogP contribution in [-0.2, 0) is 10.0 Å². The van der Waals surface area contributed by atoms with Gasteiger partial charge in [-0.15, -0.1) is 0 Å². The number of halogens is 1. The Bertz CT molecular complexity index is 908. The molecule has 1 N–H and O–H groups in total. The highest BCUT2D eigenvalue weighted by atomic mass is 32.2. The summed E-state index contributed by atoms with van der Waals surface area (Å²) in [7, 11) is -3.87. The van der Waals surface area contributed by atoms with Crippen LogP contribution in [0.4, 0.5) is 4.39 Å². The molecular weight excluding hydrogens is 377 g/mol. The van der Waals surface area contributed by atoms with E-state index in [2.05, 4.69) is 9.82 Å². The molecule has 6 nitrogen and oxygen atoms in total. The van der Waals surface area contributed by atoms with Gasteiger partial charge in [0, 0.05) is 18.9 Å². The lowest BCUT2D eigenvalue weighted by Crippen LogP contribution is -2.31. The summed E-state index contributed by atoms with van der Waals surface area (Å²) in [4.78, 5) is -0.150. The number of thiophene rings is 1. The molecule has 1 aromatic carbocycles. The van der Waals surface area contributed by atoms with Gasteiger partial charge in [0.05, 0.1) is 17.5 Å². The predicted octanol–water partition coefficient (Wildman–Crippen LogP) is 3.05. The predicted molar refractivity (Wildman–Crippen MR) is 97.4 cm³/mol. The third kappa shape index (κ3) is 4.12. The quantitative estimate of drug-likeness (QED) is 0.636. The van der Waals surface area contributed by atoms with E-state index in [1.54, 1.807) is 30.1 Å². The van der Waals surface area contributed by atoms with Crippen molar-refractivity contribution in [2.75, 3.05) is 13.2 Å². The van der Waals surface area contributed by atoms with E-state index in [-0.39, 0.29) is 23.2 Å². The fraction of sp³-hybridized carbons (Fsp3) is 0.235. The lowest BCUT2D eigenvalue weighted by atomic mass is 10.1. The summed E-state index contributed by atoms with van der Waals surface area (Å²) >= 11 is 1.52. The topological polar surface area (TPSA) is 73.2 Å². The Morgan fingerprint density at radius 3 is 2.85 bits per heavy atom. The first-order valence-electron chi connectivity index (χ1n) is 7.94. The second-order valence-electron chi connectivity index (χ2n) is 5.44. The van der Waals surface area contributed by atoms with Crippen molar-refractivity contribution in [1.82, 2.24) is 14.5 Å². The van der Waals surface area contributed by atoms with Gasteiger partial charge in [-0.2, -0.15) is 16.4 Å². The Balaban J connectivity index is 1.79. The van der Waals surface area contributed by atoms with Crippen molar-refractivity contribution < 1.29 is 17.5 Å². The van der Waals surface area contributed by atoms with Crippen molar-refractivity contribution in [1.29, 1.82) is 0 Å². The molecule has 0 saturated heterocycles. The van der Waals surface area contributed by atoms with Gasteiger partial charge < -0.3 is 4.74 Å². The number of hydrogen-bond acceptors (Lipinski definition) is 5. The minimum Gasteiger partial charge on any atom is -0.491 e. The largest absolute Gasteiger partial charge is 0.491 e. The van der Waals surface area contributed by atoms with Crippen LogP contribution in [0.15, 0.2) is 58.4 Å². The molecule has 2 heterocycles. The van der Waals surface area contributed by atoms with Gasteiger partial charge in [0.2, 0.25) is 10.0 Å². The Hall–Kier alpha value is -2.23. The first-order chi connectivity index (χ1) is 12.5. The molecule has 0 aliphatic heterocycles. The third-order valence-electron chi connectivity index (χ3n) is 3.75. The molecule has 0 aliphatic rings. The van der Waals surface area contributed by atoms with Gasteiger partial charge in [0.15, 0.2) is 11.6 Å².